The third kappa shape index (κ3) is 8.50. The lowest BCUT2D eigenvalue weighted by Gasteiger charge is -2.34. The number of methoxy groups -OCH3 is 2. The summed E-state index contributed by atoms with van der Waals surface area (Å²) in [6.07, 6.45) is 7.52. The molecule has 2 N–H and O–H groups in total. The first kappa shape index (κ1) is 32.7. The monoisotopic (exact) mass is 555 g/mol. The molecule has 0 radical (unpaired) electrons. The molecule has 1 heterocycles. The van der Waals surface area contributed by atoms with Crippen LogP contribution in [-0.2, 0) is 26.3 Å². The van der Waals surface area contributed by atoms with Crippen molar-refractivity contribution in [2.45, 2.75) is 78.1 Å². The second kappa shape index (κ2) is 14.2. The van der Waals surface area contributed by atoms with Gasteiger partial charge in [0.15, 0.2) is 0 Å². The van der Waals surface area contributed by atoms with E-state index in [0.717, 1.165) is 6.42 Å². The van der Waals surface area contributed by atoms with Crippen molar-refractivity contribution in [3.63, 3.8) is 0 Å². The zero-order valence-electron chi connectivity index (χ0n) is 24.8. The van der Waals surface area contributed by atoms with Gasteiger partial charge in [-0.1, -0.05) is 39.0 Å². The van der Waals surface area contributed by atoms with Crippen molar-refractivity contribution in [1.82, 2.24) is 0 Å². The maximum absolute atomic E-state index is 13.8. The van der Waals surface area contributed by atoms with Gasteiger partial charge in [-0.15, -0.1) is 0 Å². The van der Waals surface area contributed by atoms with Crippen LogP contribution in [0.3, 0.4) is 0 Å². The molecule has 2 unspecified atom stereocenters. The Bertz CT molecular complexity index is 1250. The smallest absolute Gasteiger partial charge is 0.338 e. The summed E-state index contributed by atoms with van der Waals surface area (Å²) in [6.45, 7) is 11.4. The van der Waals surface area contributed by atoms with E-state index in [1.807, 2.05) is 32.9 Å². The molecule has 218 valence electrons. The van der Waals surface area contributed by atoms with Crippen molar-refractivity contribution in [2.75, 3.05) is 19.5 Å². The van der Waals surface area contributed by atoms with E-state index in [9.17, 15) is 19.1 Å². The van der Waals surface area contributed by atoms with Gasteiger partial charge in [-0.2, -0.15) is 0 Å². The third-order valence-corrected chi connectivity index (χ3v) is 6.89. The highest BCUT2D eigenvalue weighted by Crippen LogP contribution is 2.38. The van der Waals surface area contributed by atoms with Gasteiger partial charge >= 0.3 is 5.97 Å². The summed E-state index contributed by atoms with van der Waals surface area (Å²) in [4.78, 5) is 24.3. The van der Waals surface area contributed by atoms with Crippen LogP contribution in [0.1, 0.15) is 75.9 Å². The molecule has 8 heteroatoms. The van der Waals surface area contributed by atoms with Crippen molar-refractivity contribution in [3.05, 3.63) is 82.7 Å². The second-order valence-corrected chi connectivity index (χ2v) is 10.6. The molecule has 7 nitrogen and oxygen atoms in total. The summed E-state index contributed by atoms with van der Waals surface area (Å²) in [7, 11) is 3.23. The van der Waals surface area contributed by atoms with Crippen LogP contribution >= 0.6 is 0 Å². The van der Waals surface area contributed by atoms with Crippen molar-refractivity contribution in [1.29, 1.82) is 0 Å². The Hall–Kier alpha value is -3.49. The van der Waals surface area contributed by atoms with E-state index in [1.165, 1.54) is 37.8 Å². The summed E-state index contributed by atoms with van der Waals surface area (Å²) in [5.41, 5.74) is 0.991. The number of esters is 1. The zero-order chi connectivity index (χ0) is 30.1. The molecular weight excluding hydrogens is 513 g/mol. The van der Waals surface area contributed by atoms with Crippen molar-refractivity contribution < 1.29 is 33.3 Å². The molecule has 40 heavy (non-hydrogen) atoms. The van der Waals surface area contributed by atoms with E-state index >= 15 is 0 Å². The van der Waals surface area contributed by atoms with Crippen LogP contribution in [0.15, 0.2) is 60.2 Å². The number of fused-ring (bicyclic) bond motifs is 1. The molecular formula is C32H42FNO6. The van der Waals surface area contributed by atoms with Crippen molar-refractivity contribution >= 4 is 17.6 Å². The standard InChI is InChI=1S/C22H24FNO5.C10H18O/c1-21(2,17-10-14(23)5-8-18(17)28-4)12-22(3,27)20(26)24-15-6-7-16-13(9-15)11-29-19(16)25;1-5-7-8-10(6-2)9(3)11-4/h5-10,27H,11-12H2,1-4H3,(H,24,26);5,7-9H,6H2,1-4H3/b;7-5-,10-8-. The summed E-state index contributed by atoms with van der Waals surface area (Å²) in [5.74, 6) is -0.939. The van der Waals surface area contributed by atoms with Gasteiger partial charge in [0.05, 0.1) is 18.8 Å². The molecule has 2 aromatic carbocycles. The number of hydrogen-bond acceptors (Lipinski definition) is 6. The molecule has 1 amide bonds. The Kier molecular flexibility index (Phi) is 11.6. The fraction of sp³-hybridized carbons (Fsp3) is 0.438. The Morgan fingerprint density at radius 1 is 1.20 bits per heavy atom. The van der Waals surface area contributed by atoms with Crippen LogP contribution in [0.2, 0.25) is 0 Å². The Balaban J connectivity index is 0.000000432. The van der Waals surface area contributed by atoms with Crippen LogP contribution in [0, 0.1) is 5.82 Å². The van der Waals surface area contributed by atoms with Gasteiger partial charge in [0.1, 0.15) is 23.8 Å². The van der Waals surface area contributed by atoms with Gasteiger partial charge in [0, 0.05) is 23.9 Å². The number of nitrogens with one attached hydrogen (secondary N) is 1. The summed E-state index contributed by atoms with van der Waals surface area (Å²) >= 11 is 0. The number of aliphatic hydroxyl groups is 1. The van der Waals surface area contributed by atoms with E-state index < -0.39 is 28.7 Å². The first-order chi connectivity index (χ1) is 18.8. The molecule has 1 aliphatic heterocycles. The highest BCUT2D eigenvalue weighted by atomic mass is 19.1. The predicted octanol–water partition coefficient (Wildman–Crippen LogP) is 6.50. The van der Waals surface area contributed by atoms with E-state index in [1.54, 1.807) is 25.3 Å². The Labute approximate surface area is 237 Å². The maximum atomic E-state index is 13.8. The van der Waals surface area contributed by atoms with Crippen LogP contribution in [0.25, 0.3) is 0 Å². The number of rotatable bonds is 10. The summed E-state index contributed by atoms with van der Waals surface area (Å²) < 4.78 is 29.3. The van der Waals surface area contributed by atoms with Crippen molar-refractivity contribution in [3.8, 4) is 5.75 Å². The molecule has 0 spiro atoms. The fourth-order valence-electron chi connectivity index (χ4n) is 4.63. The van der Waals surface area contributed by atoms with Crippen molar-refractivity contribution in [2.24, 2.45) is 0 Å². The first-order valence-corrected chi connectivity index (χ1v) is 13.3. The quantitative estimate of drug-likeness (QED) is 0.257. The molecule has 0 aromatic heterocycles. The Morgan fingerprint density at radius 3 is 2.50 bits per heavy atom. The molecule has 0 fully saturated rings. The lowest BCUT2D eigenvalue weighted by Crippen LogP contribution is -2.44. The molecule has 3 rings (SSSR count). The number of halogens is 1. The average Bonchev–Trinajstić information content (AvgIpc) is 3.28. The number of benzene rings is 2. The molecule has 2 aromatic rings. The number of ether oxygens (including phenoxy) is 3. The molecule has 0 saturated heterocycles. The number of allylic oxidation sites excluding steroid dienone is 3. The van der Waals surface area contributed by atoms with Gasteiger partial charge in [-0.25, -0.2) is 9.18 Å². The van der Waals surface area contributed by atoms with Crippen LogP contribution in [0.5, 0.6) is 5.75 Å². The van der Waals surface area contributed by atoms with E-state index in [0.29, 0.717) is 28.1 Å². The molecule has 0 aliphatic carbocycles. The summed E-state index contributed by atoms with van der Waals surface area (Å²) in [5, 5.41) is 13.6. The average molecular weight is 556 g/mol. The van der Waals surface area contributed by atoms with Gasteiger partial charge < -0.3 is 24.6 Å². The largest absolute Gasteiger partial charge is 0.496 e. The lowest BCUT2D eigenvalue weighted by atomic mass is 9.75. The number of hydrogen-bond donors (Lipinski definition) is 2. The minimum atomic E-state index is -1.74. The highest BCUT2D eigenvalue weighted by molar-refractivity contribution is 5.98. The Morgan fingerprint density at radius 2 is 1.90 bits per heavy atom. The molecule has 0 bridgehead atoms. The van der Waals surface area contributed by atoms with Crippen LogP contribution in [0.4, 0.5) is 10.1 Å². The molecule has 1 aliphatic rings. The van der Waals surface area contributed by atoms with Crippen LogP contribution in [-0.4, -0.2) is 42.9 Å². The first-order valence-electron chi connectivity index (χ1n) is 13.3. The van der Waals surface area contributed by atoms with E-state index in [2.05, 4.69) is 25.2 Å². The van der Waals surface area contributed by atoms with E-state index in [4.69, 9.17) is 14.2 Å². The van der Waals surface area contributed by atoms with Gasteiger partial charge in [0.2, 0.25) is 0 Å². The zero-order valence-corrected chi connectivity index (χ0v) is 24.8. The second-order valence-electron chi connectivity index (χ2n) is 10.6. The van der Waals surface area contributed by atoms with E-state index in [-0.39, 0.29) is 19.1 Å². The summed E-state index contributed by atoms with van der Waals surface area (Å²) in [6, 6.07) is 8.98. The number of anilines is 1. The topological polar surface area (TPSA) is 94.1 Å². The number of amides is 1. The minimum absolute atomic E-state index is 0.0260. The molecule has 0 saturated carbocycles. The number of carbonyl (C=O) groups is 2. The number of carbonyl (C=O) groups excluding carboxylic acids is 2. The third-order valence-electron chi connectivity index (χ3n) is 6.89. The highest BCUT2D eigenvalue weighted by Gasteiger charge is 2.39. The molecule has 2 atom stereocenters. The number of cyclic esters (lactones) is 1. The lowest BCUT2D eigenvalue weighted by molar-refractivity contribution is -0.134. The minimum Gasteiger partial charge on any atom is -0.496 e. The SMILES string of the molecule is C/C=C\C=C(\CC)C(C)OC.COc1ccc(F)cc1C(C)(C)CC(C)(O)C(=O)Nc1ccc2c(c1)COC2=O. The van der Waals surface area contributed by atoms with Gasteiger partial charge in [-0.3, -0.25) is 4.79 Å². The predicted molar refractivity (Wildman–Crippen MR) is 155 cm³/mol. The van der Waals surface area contributed by atoms with Gasteiger partial charge in [0.25, 0.3) is 5.91 Å². The van der Waals surface area contributed by atoms with Gasteiger partial charge in [-0.05, 0) is 81.0 Å². The normalized spacial score (nSPS) is 15.4. The maximum Gasteiger partial charge on any atom is 0.338 e. The van der Waals surface area contributed by atoms with Crippen LogP contribution < -0.4 is 10.1 Å². The fourth-order valence-corrected chi connectivity index (χ4v) is 4.63.